The van der Waals surface area contributed by atoms with Crippen molar-refractivity contribution in [2.24, 2.45) is 0 Å². The first kappa shape index (κ1) is 18.4. The number of carbonyl (C=O) groups is 1. The van der Waals surface area contributed by atoms with Gasteiger partial charge in [0.25, 0.3) is 5.91 Å². The van der Waals surface area contributed by atoms with Crippen LogP contribution in [0.25, 0.3) is 0 Å². The highest BCUT2D eigenvalue weighted by Gasteiger charge is 2.25. The zero-order chi connectivity index (χ0) is 18.5. The quantitative estimate of drug-likeness (QED) is 0.791. The maximum atomic E-state index is 12.7. The van der Waals surface area contributed by atoms with Gasteiger partial charge in [0.2, 0.25) is 0 Å². The van der Waals surface area contributed by atoms with E-state index in [0.717, 1.165) is 18.6 Å². The van der Waals surface area contributed by atoms with Crippen LogP contribution >= 0.6 is 11.6 Å². The molecule has 0 N–H and O–H groups in total. The van der Waals surface area contributed by atoms with E-state index in [9.17, 15) is 4.79 Å². The van der Waals surface area contributed by atoms with E-state index >= 15 is 0 Å². The molecular formula is C20H22ClNO4. The van der Waals surface area contributed by atoms with Crippen LogP contribution in [0.15, 0.2) is 42.5 Å². The van der Waals surface area contributed by atoms with E-state index < -0.39 is 0 Å². The van der Waals surface area contributed by atoms with Crippen LogP contribution in [0.4, 0.5) is 0 Å². The van der Waals surface area contributed by atoms with E-state index in [1.165, 1.54) is 0 Å². The Morgan fingerprint density at radius 2 is 1.77 bits per heavy atom. The fourth-order valence-corrected chi connectivity index (χ4v) is 3.24. The van der Waals surface area contributed by atoms with E-state index in [0.29, 0.717) is 35.2 Å². The Labute approximate surface area is 158 Å². The summed E-state index contributed by atoms with van der Waals surface area (Å²) in [5, 5.41) is 0.656. The molecule has 5 nitrogen and oxygen atoms in total. The third kappa shape index (κ3) is 4.22. The second-order valence-corrected chi connectivity index (χ2v) is 6.57. The first-order valence-corrected chi connectivity index (χ1v) is 8.92. The molecule has 26 heavy (non-hydrogen) atoms. The summed E-state index contributed by atoms with van der Waals surface area (Å²) in [6, 6.07) is 12.6. The van der Waals surface area contributed by atoms with Gasteiger partial charge in [-0.1, -0.05) is 17.7 Å². The molecule has 1 aliphatic heterocycles. The van der Waals surface area contributed by atoms with Gasteiger partial charge in [0, 0.05) is 36.5 Å². The number of nitrogens with zero attached hydrogens (tertiary/aromatic N) is 1. The number of rotatable bonds is 5. The molecule has 0 unspecified atom stereocenters. The van der Waals surface area contributed by atoms with Crippen LogP contribution < -0.4 is 14.2 Å². The molecule has 2 aromatic rings. The highest BCUT2D eigenvalue weighted by Crippen LogP contribution is 2.29. The summed E-state index contributed by atoms with van der Waals surface area (Å²) in [5.74, 6) is 1.92. The average molecular weight is 376 g/mol. The summed E-state index contributed by atoms with van der Waals surface area (Å²) in [4.78, 5) is 14.6. The standard InChI is InChI=1S/C20H22ClNO4/c1-24-18-7-6-14(12-19(18)25-2)20(23)22-10-8-16(9-11-22)26-17-5-3-4-15(21)13-17/h3-7,12-13,16H,8-11H2,1-2H3. The second-order valence-electron chi connectivity index (χ2n) is 6.14. The summed E-state index contributed by atoms with van der Waals surface area (Å²) in [6.07, 6.45) is 1.65. The number of halogens is 1. The molecule has 0 aromatic heterocycles. The molecular weight excluding hydrogens is 354 g/mol. The monoisotopic (exact) mass is 375 g/mol. The fourth-order valence-electron chi connectivity index (χ4n) is 3.06. The van der Waals surface area contributed by atoms with Crippen molar-refractivity contribution in [1.82, 2.24) is 4.90 Å². The SMILES string of the molecule is COc1ccc(C(=O)N2CCC(Oc3cccc(Cl)c3)CC2)cc1OC. The third-order valence-corrected chi connectivity index (χ3v) is 4.69. The summed E-state index contributed by atoms with van der Waals surface area (Å²) in [6.45, 7) is 1.30. The molecule has 2 aromatic carbocycles. The van der Waals surface area contributed by atoms with Crippen molar-refractivity contribution < 1.29 is 19.0 Å². The Hall–Kier alpha value is -2.40. The van der Waals surface area contributed by atoms with Crippen molar-refractivity contribution >= 4 is 17.5 Å². The minimum Gasteiger partial charge on any atom is -0.493 e. The number of piperidine rings is 1. The van der Waals surface area contributed by atoms with E-state index in [1.54, 1.807) is 32.4 Å². The molecule has 0 aliphatic carbocycles. The van der Waals surface area contributed by atoms with Gasteiger partial charge in [0.05, 0.1) is 14.2 Å². The van der Waals surface area contributed by atoms with Gasteiger partial charge in [0.1, 0.15) is 11.9 Å². The van der Waals surface area contributed by atoms with Gasteiger partial charge in [-0.05, 0) is 36.4 Å². The van der Waals surface area contributed by atoms with Crippen LogP contribution in [-0.2, 0) is 0 Å². The first-order chi connectivity index (χ1) is 12.6. The Balaban J connectivity index is 1.60. The van der Waals surface area contributed by atoms with Gasteiger partial charge in [-0.2, -0.15) is 0 Å². The summed E-state index contributed by atoms with van der Waals surface area (Å²) in [7, 11) is 3.13. The number of likely N-dealkylation sites (tertiary alicyclic amines) is 1. The molecule has 1 aliphatic rings. The van der Waals surface area contributed by atoms with Crippen molar-refractivity contribution in [1.29, 1.82) is 0 Å². The lowest BCUT2D eigenvalue weighted by molar-refractivity contribution is 0.0595. The Bertz CT molecular complexity index is 772. The Morgan fingerprint density at radius 3 is 2.42 bits per heavy atom. The van der Waals surface area contributed by atoms with Crippen molar-refractivity contribution in [2.75, 3.05) is 27.3 Å². The summed E-state index contributed by atoms with van der Waals surface area (Å²) < 4.78 is 16.5. The minimum absolute atomic E-state index is 0.00726. The van der Waals surface area contributed by atoms with Crippen molar-refractivity contribution in [3.63, 3.8) is 0 Å². The molecule has 0 radical (unpaired) electrons. The molecule has 138 valence electrons. The van der Waals surface area contributed by atoms with E-state index in [4.69, 9.17) is 25.8 Å². The zero-order valence-electron chi connectivity index (χ0n) is 14.9. The van der Waals surface area contributed by atoms with Crippen molar-refractivity contribution in [3.05, 3.63) is 53.1 Å². The van der Waals surface area contributed by atoms with Gasteiger partial charge in [-0.3, -0.25) is 4.79 Å². The predicted octanol–water partition coefficient (Wildman–Crippen LogP) is 4.04. The lowest BCUT2D eigenvalue weighted by atomic mass is 10.1. The van der Waals surface area contributed by atoms with Gasteiger partial charge >= 0.3 is 0 Å². The molecule has 1 heterocycles. The number of hydrogen-bond donors (Lipinski definition) is 0. The van der Waals surface area contributed by atoms with Crippen molar-refractivity contribution in [2.45, 2.75) is 18.9 Å². The number of hydrogen-bond acceptors (Lipinski definition) is 4. The van der Waals surface area contributed by atoms with Crippen LogP contribution in [0.5, 0.6) is 17.2 Å². The molecule has 6 heteroatoms. The van der Waals surface area contributed by atoms with Crippen molar-refractivity contribution in [3.8, 4) is 17.2 Å². The number of amides is 1. The topological polar surface area (TPSA) is 48.0 Å². The highest BCUT2D eigenvalue weighted by atomic mass is 35.5. The van der Waals surface area contributed by atoms with Crippen LogP contribution in [0.3, 0.4) is 0 Å². The van der Waals surface area contributed by atoms with Gasteiger partial charge in [-0.15, -0.1) is 0 Å². The molecule has 3 rings (SSSR count). The summed E-state index contributed by atoms with van der Waals surface area (Å²) in [5.41, 5.74) is 0.594. The zero-order valence-corrected chi connectivity index (χ0v) is 15.7. The predicted molar refractivity (Wildman–Crippen MR) is 101 cm³/mol. The van der Waals surface area contributed by atoms with E-state index in [1.807, 2.05) is 29.2 Å². The van der Waals surface area contributed by atoms with Gasteiger partial charge in [0.15, 0.2) is 11.5 Å². The molecule has 0 atom stereocenters. The Morgan fingerprint density at radius 1 is 1.04 bits per heavy atom. The van der Waals surface area contributed by atoms with Gasteiger partial charge in [-0.25, -0.2) is 0 Å². The van der Waals surface area contributed by atoms with Crippen LogP contribution in [-0.4, -0.2) is 44.2 Å². The Kier molecular flexibility index (Phi) is 5.89. The largest absolute Gasteiger partial charge is 0.493 e. The molecule has 1 amide bonds. The lowest BCUT2D eigenvalue weighted by Gasteiger charge is -2.32. The lowest BCUT2D eigenvalue weighted by Crippen LogP contribution is -2.41. The molecule has 0 bridgehead atoms. The number of benzene rings is 2. The van der Waals surface area contributed by atoms with E-state index in [2.05, 4.69) is 0 Å². The minimum atomic E-state index is -0.00726. The molecule has 0 saturated carbocycles. The summed E-state index contributed by atoms with van der Waals surface area (Å²) >= 11 is 5.99. The molecule has 1 saturated heterocycles. The number of ether oxygens (including phenoxy) is 3. The maximum absolute atomic E-state index is 12.7. The fraction of sp³-hybridized carbons (Fsp3) is 0.350. The number of carbonyl (C=O) groups excluding carboxylic acids is 1. The third-order valence-electron chi connectivity index (χ3n) is 4.46. The molecule has 0 spiro atoms. The normalized spacial score (nSPS) is 14.8. The smallest absolute Gasteiger partial charge is 0.253 e. The van der Waals surface area contributed by atoms with Crippen LogP contribution in [0.2, 0.25) is 5.02 Å². The number of methoxy groups -OCH3 is 2. The van der Waals surface area contributed by atoms with Gasteiger partial charge < -0.3 is 19.1 Å². The first-order valence-electron chi connectivity index (χ1n) is 8.54. The van der Waals surface area contributed by atoms with Crippen LogP contribution in [0, 0.1) is 0 Å². The highest BCUT2D eigenvalue weighted by molar-refractivity contribution is 6.30. The second kappa shape index (κ2) is 8.32. The average Bonchev–Trinajstić information content (AvgIpc) is 2.67. The maximum Gasteiger partial charge on any atom is 0.253 e. The molecule has 1 fully saturated rings. The van der Waals surface area contributed by atoms with E-state index in [-0.39, 0.29) is 12.0 Å². The van der Waals surface area contributed by atoms with Crippen LogP contribution in [0.1, 0.15) is 23.2 Å².